The molecular weight excluding hydrogens is 448 g/mol. The lowest BCUT2D eigenvalue weighted by Gasteiger charge is -2.32. The topological polar surface area (TPSA) is 35.3 Å². The molecule has 1 aromatic carbocycles. The Morgan fingerprint density at radius 3 is 2.33 bits per heavy atom. The van der Waals surface area contributed by atoms with Crippen LogP contribution in [0.2, 0.25) is 0 Å². The van der Waals surface area contributed by atoms with E-state index < -0.39 is 30.8 Å². The second-order valence-corrected chi connectivity index (χ2v) is 7.58. The molecule has 3 aromatic rings. The smallest absolute Gasteiger partial charge is 0.375 e. The number of furan rings is 1. The van der Waals surface area contributed by atoms with Gasteiger partial charge in [-0.1, -0.05) is 19.9 Å². The molecule has 2 aromatic heterocycles. The standard InChI is InChI=1S/C24H23F6NO2/c1-4-11-22(25,26)24(29,30)23(27,28)14-32-17-9-7-15-12-21(33-20(15)13-17)18-10-8-16(5-2)31-19(18)6-3/h4,7-10,12-13H,1,5-6,11,14H2,2-3H3. The van der Waals surface area contributed by atoms with E-state index in [2.05, 4.69) is 11.6 Å². The lowest BCUT2D eigenvalue weighted by Crippen LogP contribution is -2.56. The van der Waals surface area contributed by atoms with Crippen LogP contribution < -0.4 is 4.74 Å². The highest BCUT2D eigenvalue weighted by molar-refractivity contribution is 5.84. The van der Waals surface area contributed by atoms with Crippen molar-refractivity contribution < 1.29 is 35.5 Å². The monoisotopic (exact) mass is 471 g/mol. The lowest BCUT2D eigenvalue weighted by atomic mass is 10.0. The van der Waals surface area contributed by atoms with Crippen LogP contribution in [0.15, 0.2) is 53.5 Å². The highest BCUT2D eigenvalue weighted by atomic mass is 19.3. The summed E-state index contributed by atoms with van der Waals surface area (Å²) in [6.07, 6.45) is 0.304. The van der Waals surface area contributed by atoms with E-state index in [9.17, 15) is 26.3 Å². The average Bonchev–Trinajstić information content (AvgIpc) is 3.20. The number of halogens is 6. The zero-order valence-corrected chi connectivity index (χ0v) is 18.1. The molecule has 3 nitrogen and oxygen atoms in total. The first-order valence-electron chi connectivity index (χ1n) is 10.4. The normalized spacial score (nSPS) is 12.8. The lowest BCUT2D eigenvalue weighted by molar-refractivity contribution is -0.313. The first kappa shape index (κ1) is 24.7. The van der Waals surface area contributed by atoms with E-state index in [0.717, 1.165) is 23.4 Å². The van der Waals surface area contributed by atoms with Gasteiger partial charge in [0.1, 0.15) is 17.1 Å². The maximum atomic E-state index is 14.0. The van der Waals surface area contributed by atoms with Gasteiger partial charge in [-0.2, -0.15) is 26.3 Å². The zero-order chi connectivity index (χ0) is 24.4. The van der Waals surface area contributed by atoms with E-state index in [1.54, 1.807) is 6.07 Å². The molecule has 0 atom stereocenters. The molecular formula is C24H23F6NO2. The van der Waals surface area contributed by atoms with Crippen LogP contribution in [0.25, 0.3) is 22.3 Å². The van der Waals surface area contributed by atoms with Gasteiger partial charge in [-0.15, -0.1) is 6.58 Å². The number of hydrogen-bond donors (Lipinski definition) is 0. The van der Waals surface area contributed by atoms with Crippen LogP contribution in [-0.4, -0.2) is 29.4 Å². The van der Waals surface area contributed by atoms with Crippen molar-refractivity contribution >= 4 is 11.0 Å². The molecule has 2 heterocycles. The second kappa shape index (κ2) is 9.11. The summed E-state index contributed by atoms with van der Waals surface area (Å²) in [6, 6.07) is 9.51. The third-order valence-electron chi connectivity index (χ3n) is 5.23. The van der Waals surface area contributed by atoms with Crippen LogP contribution in [0.5, 0.6) is 5.75 Å². The number of nitrogens with zero attached hydrogens (tertiary/aromatic N) is 1. The fourth-order valence-corrected chi connectivity index (χ4v) is 3.31. The number of allylic oxidation sites excluding steroid dienone is 1. The summed E-state index contributed by atoms with van der Waals surface area (Å²) in [5, 5.41) is 0.619. The predicted molar refractivity (Wildman–Crippen MR) is 113 cm³/mol. The number of rotatable bonds is 10. The zero-order valence-electron chi connectivity index (χ0n) is 18.1. The maximum absolute atomic E-state index is 14.0. The molecule has 0 fully saturated rings. The van der Waals surface area contributed by atoms with Gasteiger partial charge in [-0.25, -0.2) is 0 Å². The van der Waals surface area contributed by atoms with E-state index in [1.165, 1.54) is 18.2 Å². The van der Waals surface area contributed by atoms with Crippen LogP contribution in [-0.2, 0) is 12.8 Å². The molecule has 0 aliphatic heterocycles. The quantitative estimate of drug-likeness (QED) is 0.227. The number of pyridine rings is 1. The van der Waals surface area contributed by atoms with Crippen molar-refractivity contribution in [2.45, 2.75) is 50.9 Å². The maximum Gasteiger partial charge on any atom is 0.375 e. The molecule has 178 valence electrons. The minimum Gasteiger partial charge on any atom is -0.487 e. The van der Waals surface area contributed by atoms with Crippen LogP contribution in [0.1, 0.15) is 31.7 Å². The van der Waals surface area contributed by atoms with Gasteiger partial charge in [-0.3, -0.25) is 4.98 Å². The number of aryl methyl sites for hydroxylation is 2. The fraction of sp³-hybridized carbons (Fsp3) is 0.375. The Morgan fingerprint density at radius 2 is 1.70 bits per heavy atom. The summed E-state index contributed by atoms with van der Waals surface area (Å²) >= 11 is 0. The van der Waals surface area contributed by atoms with Gasteiger partial charge in [0, 0.05) is 29.1 Å². The van der Waals surface area contributed by atoms with Gasteiger partial charge in [0.05, 0.1) is 5.69 Å². The van der Waals surface area contributed by atoms with Gasteiger partial charge in [0.15, 0.2) is 6.61 Å². The number of fused-ring (bicyclic) bond motifs is 1. The molecule has 0 aliphatic carbocycles. The highest BCUT2D eigenvalue weighted by Crippen LogP contribution is 2.47. The van der Waals surface area contributed by atoms with E-state index in [0.29, 0.717) is 23.6 Å². The number of aromatic nitrogens is 1. The molecule has 0 unspecified atom stereocenters. The van der Waals surface area contributed by atoms with Crippen LogP contribution in [0.4, 0.5) is 26.3 Å². The van der Waals surface area contributed by atoms with Crippen molar-refractivity contribution in [3.63, 3.8) is 0 Å². The van der Waals surface area contributed by atoms with E-state index in [-0.39, 0.29) is 11.3 Å². The fourth-order valence-electron chi connectivity index (χ4n) is 3.31. The molecule has 0 spiro atoms. The molecule has 0 radical (unpaired) electrons. The van der Waals surface area contributed by atoms with Crippen molar-refractivity contribution in [1.82, 2.24) is 4.98 Å². The number of ether oxygens (including phenoxy) is 1. The average molecular weight is 471 g/mol. The molecule has 0 aliphatic rings. The summed E-state index contributed by atoms with van der Waals surface area (Å²) in [6.45, 7) is 4.91. The largest absolute Gasteiger partial charge is 0.487 e. The van der Waals surface area contributed by atoms with Crippen molar-refractivity contribution in [3.8, 4) is 17.1 Å². The summed E-state index contributed by atoms with van der Waals surface area (Å²) in [5.41, 5.74) is 2.78. The summed E-state index contributed by atoms with van der Waals surface area (Å²) in [5.74, 6) is -15.4. The first-order valence-corrected chi connectivity index (χ1v) is 10.4. The third kappa shape index (κ3) is 4.72. The molecule has 33 heavy (non-hydrogen) atoms. The number of alkyl halides is 6. The Kier molecular flexibility index (Phi) is 6.81. The van der Waals surface area contributed by atoms with Gasteiger partial charge in [0.2, 0.25) is 0 Å². The Hall–Kier alpha value is -2.97. The van der Waals surface area contributed by atoms with E-state index in [4.69, 9.17) is 9.15 Å². The molecule has 9 heteroatoms. The molecule has 0 bridgehead atoms. The summed E-state index contributed by atoms with van der Waals surface area (Å²) in [4.78, 5) is 4.58. The Bertz CT molecular complexity index is 1140. The van der Waals surface area contributed by atoms with Gasteiger partial charge in [-0.05, 0) is 43.2 Å². The summed E-state index contributed by atoms with van der Waals surface area (Å²) in [7, 11) is 0. The Labute approximate surface area is 187 Å². The summed E-state index contributed by atoms with van der Waals surface area (Å²) < 4.78 is 93.1. The third-order valence-corrected chi connectivity index (χ3v) is 5.23. The van der Waals surface area contributed by atoms with Crippen LogP contribution in [0, 0.1) is 0 Å². The van der Waals surface area contributed by atoms with Crippen LogP contribution in [0.3, 0.4) is 0 Å². The van der Waals surface area contributed by atoms with E-state index >= 15 is 0 Å². The molecule has 0 saturated carbocycles. The molecule has 0 amide bonds. The van der Waals surface area contributed by atoms with Crippen molar-refractivity contribution in [3.05, 3.63) is 60.4 Å². The highest BCUT2D eigenvalue weighted by Gasteiger charge is 2.71. The van der Waals surface area contributed by atoms with Crippen molar-refractivity contribution in [1.29, 1.82) is 0 Å². The first-order chi connectivity index (χ1) is 15.5. The molecule has 3 rings (SSSR count). The Balaban J connectivity index is 1.83. The minimum absolute atomic E-state index is 0.221. The second-order valence-electron chi connectivity index (χ2n) is 7.58. The minimum atomic E-state index is -5.62. The van der Waals surface area contributed by atoms with Crippen molar-refractivity contribution in [2.75, 3.05) is 6.61 Å². The van der Waals surface area contributed by atoms with Crippen LogP contribution >= 0.6 is 0 Å². The van der Waals surface area contributed by atoms with Gasteiger partial charge >= 0.3 is 17.8 Å². The van der Waals surface area contributed by atoms with Gasteiger partial charge in [0.25, 0.3) is 0 Å². The predicted octanol–water partition coefficient (Wildman–Crippen LogP) is 7.48. The molecule has 0 saturated heterocycles. The van der Waals surface area contributed by atoms with Crippen molar-refractivity contribution in [2.24, 2.45) is 0 Å². The molecule has 0 N–H and O–H groups in total. The number of benzene rings is 1. The SMILES string of the molecule is C=CCC(F)(F)C(F)(F)C(F)(F)COc1ccc2cc(-c3ccc(CC)nc3CC)oc2c1. The van der Waals surface area contributed by atoms with Gasteiger partial charge < -0.3 is 9.15 Å². The van der Waals surface area contributed by atoms with E-state index in [1.807, 2.05) is 26.0 Å². The Morgan fingerprint density at radius 1 is 0.970 bits per heavy atom. The number of hydrogen-bond acceptors (Lipinski definition) is 3.